The number of nitriles is 1. The fourth-order valence-electron chi connectivity index (χ4n) is 2.96. The number of nitrogens with one attached hydrogen (secondary N) is 2. The Hall–Kier alpha value is -3.46. The zero-order valence-corrected chi connectivity index (χ0v) is 16.9. The number of nitrogens with zero attached hydrogens (tertiary/aromatic N) is 1. The summed E-state index contributed by atoms with van der Waals surface area (Å²) in [5.74, 6) is 0.751. The lowest BCUT2D eigenvalue weighted by molar-refractivity contribution is 0.0528. The number of alkyl carbamates (subject to hydrolysis) is 1. The largest absolute Gasteiger partial charge is 0.489 e. The van der Waals surface area contributed by atoms with Crippen LogP contribution in [-0.2, 0) is 17.8 Å². The lowest BCUT2D eigenvalue weighted by Crippen LogP contribution is -2.33. The zero-order chi connectivity index (χ0) is 20.9. The van der Waals surface area contributed by atoms with Crippen molar-refractivity contribution < 1.29 is 14.3 Å². The predicted octanol–water partition coefficient (Wildman–Crippen LogP) is 4.69. The highest BCUT2D eigenvalue weighted by molar-refractivity contribution is 5.84. The van der Waals surface area contributed by atoms with Crippen molar-refractivity contribution in [3.63, 3.8) is 0 Å². The Morgan fingerprint density at radius 3 is 2.79 bits per heavy atom. The van der Waals surface area contributed by atoms with Crippen molar-refractivity contribution in [3.8, 4) is 11.8 Å². The van der Waals surface area contributed by atoms with Gasteiger partial charge >= 0.3 is 6.09 Å². The Bertz CT molecular complexity index is 1040. The molecule has 29 heavy (non-hydrogen) atoms. The standard InChI is InChI=1S/C23H25N3O3/c1-23(2,3)29-22(27)25-10-9-18-14-26-21-8-7-19(12-20(18)21)28-15-17-6-4-5-16(11-17)13-24/h4-8,11-12,14,26H,9-10,15H2,1-3H3,(H,25,27). The van der Waals surface area contributed by atoms with Crippen LogP contribution in [0.5, 0.6) is 5.75 Å². The average molecular weight is 391 g/mol. The van der Waals surface area contributed by atoms with Crippen molar-refractivity contribution in [3.05, 3.63) is 65.4 Å². The van der Waals surface area contributed by atoms with Gasteiger partial charge in [0, 0.05) is 23.6 Å². The molecular formula is C23H25N3O3. The van der Waals surface area contributed by atoms with Gasteiger partial charge in [0.2, 0.25) is 0 Å². The first-order chi connectivity index (χ1) is 13.8. The molecule has 0 unspecified atom stereocenters. The number of benzene rings is 2. The van der Waals surface area contributed by atoms with Gasteiger partial charge in [-0.15, -0.1) is 0 Å². The Morgan fingerprint density at radius 1 is 1.21 bits per heavy atom. The maximum Gasteiger partial charge on any atom is 0.407 e. The molecule has 3 aromatic rings. The van der Waals surface area contributed by atoms with Crippen molar-refractivity contribution in [2.24, 2.45) is 0 Å². The molecule has 1 amide bonds. The summed E-state index contributed by atoms with van der Waals surface area (Å²) in [6.07, 6.45) is 2.20. The molecule has 3 rings (SSSR count). The van der Waals surface area contributed by atoms with Gasteiger partial charge in [-0.2, -0.15) is 5.26 Å². The number of aromatic amines is 1. The van der Waals surface area contributed by atoms with Gasteiger partial charge in [-0.3, -0.25) is 0 Å². The number of hydrogen-bond donors (Lipinski definition) is 2. The molecule has 0 atom stereocenters. The predicted molar refractivity (Wildman–Crippen MR) is 112 cm³/mol. The molecule has 0 bridgehead atoms. The summed E-state index contributed by atoms with van der Waals surface area (Å²) in [4.78, 5) is 15.0. The molecule has 2 aromatic carbocycles. The fraction of sp³-hybridized carbons (Fsp3) is 0.304. The van der Waals surface area contributed by atoms with Crippen molar-refractivity contribution >= 4 is 17.0 Å². The summed E-state index contributed by atoms with van der Waals surface area (Å²) in [6.45, 7) is 6.38. The first-order valence-electron chi connectivity index (χ1n) is 9.53. The molecule has 1 aromatic heterocycles. The highest BCUT2D eigenvalue weighted by Crippen LogP contribution is 2.25. The summed E-state index contributed by atoms with van der Waals surface area (Å²) in [5.41, 5.74) is 3.15. The number of ether oxygens (including phenoxy) is 2. The Balaban J connectivity index is 1.62. The quantitative estimate of drug-likeness (QED) is 0.638. The van der Waals surface area contributed by atoms with Crippen molar-refractivity contribution in [2.75, 3.05) is 6.54 Å². The molecule has 2 N–H and O–H groups in total. The van der Waals surface area contributed by atoms with E-state index in [1.807, 2.05) is 63.4 Å². The van der Waals surface area contributed by atoms with Gasteiger partial charge in [0.05, 0.1) is 11.6 Å². The zero-order valence-electron chi connectivity index (χ0n) is 16.9. The van der Waals surface area contributed by atoms with Crippen LogP contribution in [0, 0.1) is 11.3 Å². The number of carbonyl (C=O) groups is 1. The second-order valence-electron chi connectivity index (χ2n) is 7.80. The normalized spacial score (nSPS) is 11.1. The van der Waals surface area contributed by atoms with Crippen LogP contribution in [-0.4, -0.2) is 23.2 Å². The lowest BCUT2D eigenvalue weighted by Gasteiger charge is -2.19. The number of fused-ring (bicyclic) bond motifs is 1. The first kappa shape index (κ1) is 20.3. The lowest BCUT2D eigenvalue weighted by atomic mass is 10.1. The van der Waals surface area contributed by atoms with Crippen LogP contribution in [0.25, 0.3) is 10.9 Å². The minimum atomic E-state index is -0.510. The van der Waals surface area contributed by atoms with Gasteiger partial charge < -0.3 is 19.8 Å². The third-order valence-corrected chi connectivity index (χ3v) is 4.26. The molecule has 0 radical (unpaired) electrons. The smallest absolute Gasteiger partial charge is 0.407 e. The van der Waals surface area contributed by atoms with Crippen LogP contribution in [0.3, 0.4) is 0 Å². The van der Waals surface area contributed by atoms with Crippen LogP contribution in [0.4, 0.5) is 4.79 Å². The maximum atomic E-state index is 11.8. The molecule has 150 valence electrons. The monoisotopic (exact) mass is 391 g/mol. The minimum Gasteiger partial charge on any atom is -0.489 e. The number of aromatic nitrogens is 1. The van der Waals surface area contributed by atoms with Crippen LogP contribution in [0.2, 0.25) is 0 Å². The number of carbonyl (C=O) groups excluding carboxylic acids is 1. The second-order valence-corrected chi connectivity index (χ2v) is 7.80. The van der Waals surface area contributed by atoms with Crippen molar-refractivity contribution in [1.29, 1.82) is 5.26 Å². The van der Waals surface area contributed by atoms with Crippen LogP contribution < -0.4 is 10.1 Å². The van der Waals surface area contributed by atoms with Crippen molar-refractivity contribution in [2.45, 2.75) is 39.4 Å². The van der Waals surface area contributed by atoms with Gasteiger partial charge in [0.15, 0.2) is 0 Å². The van der Waals surface area contributed by atoms with E-state index in [2.05, 4.69) is 16.4 Å². The Labute approximate surface area is 170 Å². The number of hydrogen-bond acceptors (Lipinski definition) is 4. The molecule has 0 aliphatic rings. The summed E-state index contributed by atoms with van der Waals surface area (Å²) in [7, 11) is 0. The highest BCUT2D eigenvalue weighted by atomic mass is 16.6. The van der Waals surface area contributed by atoms with Gasteiger partial charge in [0.25, 0.3) is 0 Å². The van der Waals surface area contributed by atoms with Crippen molar-refractivity contribution in [1.82, 2.24) is 10.3 Å². The van der Waals surface area contributed by atoms with Crippen LogP contribution in [0.15, 0.2) is 48.7 Å². The van der Waals surface area contributed by atoms with E-state index in [1.165, 1.54) is 0 Å². The molecule has 0 aliphatic carbocycles. The minimum absolute atomic E-state index is 0.390. The summed E-state index contributed by atoms with van der Waals surface area (Å²) in [6, 6.07) is 15.4. The van der Waals surface area contributed by atoms with E-state index in [9.17, 15) is 4.79 Å². The van der Waals surface area contributed by atoms with E-state index in [1.54, 1.807) is 6.07 Å². The maximum absolute atomic E-state index is 11.8. The average Bonchev–Trinajstić information content (AvgIpc) is 3.07. The van der Waals surface area contributed by atoms with Gasteiger partial charge in [0.1, 0.15) is 18.0 Å². The molecule has 6 nitrogen and oxygen atoms in total. The highest BCUT2D eigenvalue weighted by Gasteiger charge is 2.15. The molecule has 0 spiro atoms. The third-order valence-electron chi connectivity index (χ3n) is 4.26. The third kappa shape index (κ3) is 5.76. The van der Waals surface area contributed by atoms with E-state index in [0.29, 0.717) is 25.1 Å². The van der Waals surface area contributed by atoms with Gasteiger partial charge in [-0.25, -0.2) is 4.79 Å². The van der Waals surface area contributed by atoms with Gasteiger partial charge in [-0.05, 0) is 68.7 Å². The number of amides is 1. The van der Waals surface area contributed by atoms with E-state index < -0.39 is 11.7 Å². The summed E-state index contributed by atoms with van der Waals surface area (Å²) in [5, 5.41) is 12.8. The molecular weight excluding hydrogens is 366 g/mol. The number of H-pyrrole nitrogens is 1. The molecule has 0 aliphatic heterocycles. The molecule has 6 heteroatoms. The van der Waals surface area contributed by atoms with E-state index in [-0.39, 0.29) is 0 Å². The Morgan fingerprint density at radius 2 is 2.03 bits per heavy atom. The van der Waals surface area contributed by atoms with E-state index in [0.717, 1.165) is 27.8 Å². The Kier molecular flexibility index (Phi) is 6.08. The SMILES string of the molecule is CC(C)(C)OC(=O)NCCc1c[nH]c2ccc(OCc3cccc(C#N)c3)cc12. The first-order valence-corrected chi connectivity index (χ1v) is 9.53. The van der Waals surface area contributed by atoms with E-state index in [4.69, 9.17) is 14.7 Å². The molecule has 0 saturated carbocycles. The second kappa shape index (κ2) is 8.70. The van der Waals surface area contributed by atoms with Crippen LogP contribution >= 0.6 is 0 Å². The topological polar surface area (TPSA) is 87.1 Å². The summed E-state index contributed by atoms with van der Waals surface area (Å²) >= 11 is 0. The molecule has 0 saturated heterocycles. The number of rotatable bonds is 6. The van der Waals surface area contributed by atoms with E-state index >= 15 is 0 Å². The molecule has 1 heterocycles. The summed E-state index contributed by atoms with van der Waals surface area (Å²) < 4.78 is 11.2. The van der Waals surface area contributed by atoms with Crippen LogP contribution in [0.1, 0.15) is 37.5 Å². The molecule has 0 fully saturated rings. The fourth-order valence-corrected chi connectivity index (χ4v) is 2.96. The van der Waals surface area contributed by atoms with Gasteiger partial charge in [-0.1, -0.05) is 12.1 Å².